The highest BCUT2D eigenvalue weighted by Gasteiger charge is 2.12. The zero-order valence-corrected chi connectivity index (χ0v) is 14.9. The molecule has 0 radical (unpaired) electrons. The Hall–Kier alpha value is -3.08. The van der Waals surface area contributed by atoms with Crippen LogP contribution in [0.5, 0.6) is 11.6 Å². The fourth-order valence-electron chi connectivity index (χ4n) is 2.45. The third kappa shape index (κ3) is 3.71. The first-order valence-electron chi connectivity index (χ1n) is 8.14. The minimum absolute atomic E-state index is 0.339. The van der Waals surface area contributed by atoms with Crippen LogP contribution in [0.3, 0.4) is 0 Å². The molecule has 3 rings (SSSR count). The van der Waals surface area contributed by atoms with Gasteiger partial charge in [0.25, 0.3) is 0 Å². The molecule has 0 fully saturated rings. The van der Waals surface area contributed by atoms with Crippen LogP contribution in [0.2, 0.25) is 0 Å². The van der Waals surface area contributed by atoms with E-state index in [0.717, 1.165) is 22.4 Å². The standard InChI is InChI=1S/C20H22N4O/c1-12-5-6-14(3)17(9-12)24-19-18(21)20(23-11-22-19)25-16-8-7-13(2)15(4)10-16/h5-11H,21H2,1-4H3,(H,22,23,24). The summed E-state index contributed by atoms with van der Waals surface area (Å²) < 4.78 is 5.86. The fraction of sp³-hybridized carbons (Fsp3) is 0.200. The van der Waals surface area contributed by atoms with E-state index >= 15 is 0 Å². The van der Waals surface area contributed by atoms with Crippen molar-refractivity contribution < 1.29 is 4.74 Å². The normalized spacial score (nSPS) is 10.6. The number of rotatable bonds is 4. The lowest BCUT2D eigenvalue weighted by atomic mass is 10.1. The van der Waals surface area contributed by atoms with Gasteiger partial charge in [0, 0.05) is 5.69 Å². The summed E-state index contributed by atoms with van der Waals surface area (Å²) in [5.41, 5.74) is 12.2. The number of anilines is 3. The molecule has 0 aliphatic rings. The number of nitrogens with zero attached hydrogens (tertiary/aromatic N) is 2. The summed E-state index contributed by atoms with van der Waals surface area (Å²) in [6.45, 7) is 8.18. The van der Waals surface area contributed by atoms with Crippen LogP contribution in [0.1, 0.15) is 22.3 Å². The van der Waals surface area contributed by atoms with Crippen molar-refractivity contribution in [3.05, 3.63) is 65.0 Å². The molecule has 0 unspecified atom stereocenters. The number of aromatic nitrogens is 2. The molecule has 0 saturated carbocycles. The summed E-state index contributed by atoms with van der Waals surface area (Å²) in [6.07, 6.45) is 1.44. The lowest BCUT2D eigenvalue weighted by Crippen LogP contribution is -2.04. The maximum Gasteiger partial charge on any atom is 0.248 e. The van der Waals surface area contributed by atoms with Gasteiger partial charge < -0.3 is 15.8 Å². The Kier molecular flexibility index (Phi) is 4.57. The molecule has 3 N–H and O–H groups in total. The van der Waals surface area contributed by atoms with Crippen LogP contribution in [0.4, 0.5) is 17.2 Å². The number of hydrogen-bond donors (Lipinski definition) is 2. The molecule has 0 atom stereocenters. The van der Waals surface area contributed by atoms with Gasteiger partial charge in [-0.05, 0) is 68.1 Å². The highest BCUT2D eigenvalue weighted by molar-refractivity contribution is 5.73. The van der Waals surface area contributed by atoms with Gasteiger partial charge in [-0.15, -0.1) is 0 Å². The number of nitrogens with one attached hydrogen (secondary N) is 1. The summed E-state index contributed by atoms with van der Waals surface area (Å²) in [4.78, 5) is 8.42. The van der Waals surface area contributed by atoms with Gasteiger partial charge in [0.05, 0.1) is 0 Å². The first kappa shape index (κ1) is 16.8. The molecule has 0 aliphatic carbocycles. The van der Waals surface area contributed by atoms with E-state index in [1.807, 2.05) is 39.0 Å². The quantitative estimate of drug-likeness (QED) is 0.715. The van der Waals surface area contributed by atoms with Crippen LogP contribution in [0, 0.1) is 27.7 Å². The molecule has 5 heteroatoms. The summed E-state index contributed by atoms with van der Waals surface area (Å²) >= 11 is 0. The molecule has 1 heterocycles. The Morgan fingerprint density at radius 3 is 2.40 bits per heavy atom. The van der Waals surface area contributed by atoms with Crippen LogP contribution in [0.25, 0.3) is 0 Å². The Morgan fingerprint density at radius 2 is 1.64 bits per heavy atom. The Labute approximate surface area is 147 Å². The second-order valence-corrected chi connectivity index (χ2v) is 6.23. The van der Waals surface area contributed by atoms with Gasteiger partial charge in [-0.2, -0.15) is 4.98 Å². The van der Waals surface area contributed by atoms with Crippen molar-refractivity contribution in [3.8, 4) is 11.6 Å². The van der Waals surface area contributed by atoms with E-state index < -0.39 is 0 Å². The summed E-state index contributed by atoms with van der Waals surface area (Å²) in [7, 11) is 0. The van der Waals surface area contributed by atoms with Crippen LogP contribution in [-0.4, -0.2) is 9.97 Å². The molecule has 1 aromatic heterocycles. The van der Waals surface area contributed by atoms with Gasteiger partial charge >= 0.3 is 0 Å². The summed E-state index contributed by atoms with van der Waals surface area (Å²) in [6, 6.07) is 12.1. The van der Waals surface area contributed by atoms with E-state index in [-0.39, 0.29) is 0 Å². The van der Waals surface area contributed by atoms with Crippen molar-refractivity contribution in [3.63, 3.8) is 0 Å². The van der Waals surface area contributed by atoms with E-state index in [9.17, 15) is 0 Å². The zero-order valence-electron chi connectivity index (χ0n) is 14.9. The van der Waals surface area contributed by atoms with Crippen LogP contribution < -0.4 is 15.8 Å². The molecule has 25 heavy (non-hydrogen) atoms. The smallest absolute Gasteiger partial charge is 0.248 e. The highest BCUT2D eigenvalue weighted by atomic mass is 16.5. The molecular formula is C20H22N4O. The minimum atomic E-state index is 0.339. The van der Waals surface area contributed by atoms with Crippen molar-refractivity contribution in [2.24, 2.45) is 0 Å². The molecule has 0 aliphatic heterocycles. The van der Waals surface area contributed by atoms with Crippen molar-refractivity contribution in [2.45, 2.75) is 27.7 Å². The maximum atomic E-state index is 6.22. The average molecular weight is 334 g/mol. The van der Waals surface area contributed by atoms with Gasteiger partial charge in [-0.1, -0.05) is 18.2 Å². The van der Waals surface area contributed by atoms with Gasteiger partial charge in [-0.25, -0.2) is 4.98 Å². The van der Waals surface area contributed by atoms with Crippen molar-refractivity contribution >= 4 is 17.2 Å². The average Bonchev–Trinajstić information content (AvgIpc) is 2.58. The SMILES string of the molecule is Cc1ccc(C)c(Nc2ncnc(Oc3ccc(C)c(C)c3)c2N)c1. The zero-order chi connectivity index (χ0) is 18.0. The summed E-state index contributed by atoms with van der Waals surface area (Å²) in [5.74, 6) is 1.57. The Balaban J connectivity index is 1.89. The minimum Gasteiger partial charge on any atom is -0.437 e. The van der Waals surface area contributed by atoms with E-state index in [2.05, 4.69) is 40.4 Å². The molecule has 5 nitrogen and oxygen atoms in total. The van der Waals surface area contributed by atoms with E-state index in [4.69, 9.17) is 10.5 Å². The monoisotopic (exact) mass is 334 g/mol. The fourth-order valence-corrected chi connectivity index (χ4v) is 2.45. The molecule has 0 bridgehead atoms. The van der Waals surface area contributed by atoms with Gasteiger partial charge in [0.2, 0.25) is 5.88 Å². The van der Waals surface area contributed by atoms with E-state index in [1.165, 1.54) is 11.9 Å². The second kappa shape index (κ2) is 6.81. The van der Waals surface area contributed by atoms with Gasteiger partial charge in [0.1, 0.15) is 17.8 Å². The predicted octanol–water partition coefficient (Wildman–Crippen LogP) is 4.83. The molecule has 2 aromatic carbocycles. The van der Waals surface area contributed by atoms with Crippen LogP contribution >= 0.6 is 0 Å². The van der Waals surface area contributed by atoms with Crippen molar-refractivity contribution in [1.29, 1.82) is 0 Å². The molecule has 0 amide bonds. The third-order valence-electron chi connectivity index (χ3n) is 4.19. The lowest BCUT2D eigenvalue weighted by molar-refractivity contribution is 0.464. The number of hydrogen-bond acceptors (Lipinski definition) is 5. The predicted molar refractivity (Wildman–Crippen MR) is 102 cm³/mol. The molecule has 3 aromatic rings. The van der Waals surface area contributed by atoms with Crippen LogP contribution in [0.15, 0.2) is 42.7 Å². The largest absolute Gasteiger partial charge is 0.437 e. The number of ether oxygens (including phenoxy) is 1. The van der Waals surface area contributed by atoms with Crippen LogP contribution in [-0.2, 0) is 0 Å². The van der Waals surface area contributed by atoms with Gasteiger partial charge in [0.15, 0.2) is 5.82 Å². The van der Waals surface area contributed by atoms with Gasteiger partial charge in [-0.3, -0.25) is 0 Å². The molecule has 0 spiro atoms. The lowest BCUT2D eigenvalue weighted by Gasteiger charge is -2.14. The van der Waals surface area contributed by atoms with E-state index in [1.54, 1.807) is 0 Å². The maximum absolute atomic E-state index is 6.22. The first-order chi connectivity index (χ1) is 11.9. The number of benzene rings is 2. The summed E-state index contributed by atoms with van der Waals surface area (Å²) in [5, 5.41) is 3.27. The third-order valence-corrected chi connectivity index (χ3v) is 4.19. The van der Waals surface area contributed by atoms with Crippen molar-refractivity contribution in [2.75, 3.05) is 11.1 Å². The highest BCUT2D eigenvalue weighted by Crippen LogP contribution is 2.32. The number of aryl methyl sites for hydroxylation is 4. The van der Waals surface area contributed by atoms with Crippen molar-refractivity contribution in [1.82, 2.24) is 9.97 Å². The Morgan fingerprint density at radius 1 is 0.880 bits per heavy atom. The number of nitrogens with two attached hydrogens (primary N) is 1. The molecular weight excluding hydrogens is 312 g/mol. The van der Waals surface area contributed by atoms with E-state index in [0.29, 0.717) is 23.1 Å². The first-order valence-corrected chi connectivity index (χ1v) is 8.14. The topological polar surface area (TPSA) is 73.1 Å². The molecule has 128 valence electrons. The number of nitrogen functional groups attached to an aromatic ring is 1. The Bertz CT molecular complexity index is 922. The second-order valence-electron chi connectivity index (χ2n) is 6.23. The molecule has 0 saturated heterocycles.